The molecule has 3 heterocycles. The molecule has 11 heteroatoms. The number of hydrogen-bond donors (Lipinski definition) is 3. The van der Waals surface area contributed by atoms with Crippen molar-refractivity contribution in [2.75, 3.05) is 5.32 Å². The van der Waals surface area contributed by atoms with Crippen LogP contribution in [0.1, 0.15) is 56.7 Å². The fourth-order valence-corrected chi connectivity index (χ4v) is 6.15. The molecule has 2 amide bonds. The van der Waals surface area contributed by atoms with Crippen LogP contribution in [-0.2, 0) is 26.2 Å². The summed E-state index contributed by atoms with van der Waals surface area (Å²) >= 11 is 0. The van der Waals surface area contributed by atoms with E-state index in [9.17, 15) is 22.4 Å². The van der Waals surface area contributed by atoms with E-state index >= 15 is 0 Å². The molecular formula is C21H24FN5O4S. The molecule has 2 atom stereocenters. The summed E-state index contributed by atoms with van der Waals surface area (Å²) in [5.41, 5.74) is 0.446. The van der Waals surface area contributed by atoms with Crippen molar-refractivity contribution in [2.45, 2.75) is 62.9 Å². The number of aromatic amines is 1. The first kappa shape index (κ1) is 21.1. The van der Waals surface area contributed by atoms with Crippen LogP contribution in [0, 0.1) is 11.2 Å². The number of hydrogen-bond acceptors (Lipinski definition) is 6. The van der Waals surface area contributed by atoms with Crippen molar-refractivity contribution in [3.8, 4) is 0 Å². The Morgan fingerprint density at radius 3 is 2.75 bits per heavy atom. The van der Waals surface area contributed by atoms with Gasteiger partial charge in [-0.3, -0.25) is 19.6 Å². The standard InChI is InChI=1S/C21H24FN5O4S/c1-21(2)9-18(28)27(20(21)29)12-4-3-11(7-12)15-8-17(26-25-15)24-14-5-6-16-13(19(14)22)10-23-32(16,30)31/h5-6,8,11-12,23H,3-4,7,9-10H2,1-2H3,(H2,24,25,26)/t11-,12+/m1/s1. The molecule has 5 rings (SSSR count). The van der Waals surface area contributed by atoms with Crippen LogP contribution in [-0.4, -0.2) is 41.4 Å². The van der Waals surface area contributed by atoms with Crippen LogP contribution in [0.3, 0.4) is 0 Å². The Morgan fingerprint density at radius 1 is 1.25 bits per heavy atom. The van der Waals surface area contributed by atoms with Crippen molar-refractivity contribution in [3.63, 3.8) is 0 Å². The van der Waals surface area contributed by atoms with E-state index in [4.69, 9.17) is 0 Å². The van der Waals surface area contributed by atoms with Crippen LogP contribution in [0.25, 0.3) is 0 Å². The van der Waals surface area contributed by atoms with E-state index in [1.165, 1.54) is 17.0 Å². The van der Waals surface area contributed by atoms with Gasteiger partial charge in [0.25, 0.3) is 0 Å². The molecule has 2 fully saturated rings. The zero-order valence-corrected chi connectivity index (χ0v) is 18.6. The number of halogens is 1. The average molecular weight is 462 g/mol. The zero-order valence-electron chi connectivity index (χ0n) is 17.7. The molecule has 3 aliphatic rings. The number of sulfonamides is 1. The molecule has 0 radical (unpaired) electrons. The summed E-state index contributed by atoms with van der Waals surface area (Å²) in [7, 11) is -3.64. The lowest BCUT2D eigenvalue weighted by atomic mass is 9.92. The number of amides is 2. The Labute approximate surface area is 184 Å². The number of likely N-dealkylation sites (tertiary alicyclic amines) is 1. The smallest absolute Gasteiger partial charge is 0.241 e. The van der Waals surface area contributed by atoms with Crippen molar-refractivity contribution < 1.29 is 22.4 Å². The minimum absolute atomic E-state index is 0.0468. The Hall–Kier alpha value is -2.79. The highest BCUT2D eigenvalue weighted by Crippen LogP contribution is 2.42. The number of aromatic nitrogens is 2. The first-order valence-electron chi connectivity index (χ1n) is 10.6. The SMILES string of the molecule is CC1(C)CC(=O)N([C@H]2CC[C@@H](c3cc(Nc4ccc5c(c4F)CNS5(=O)=O)n[nH]3)C2)C1=O. The quantitative estimate of drug-likeness (QED) is 0.601. The van der Waals surface area contributed by atoms with Gasteiger partial charge in [-0.2, -0.15) is 5.10 Å². The molecule has 32 heavy (non-hydrogen) atoms. The molecule has 2 aromatic rings. The second-order valence-electron chi connectivity index (χ2n) is 9.36. The van der Waals surface area contributed by atoms with Crippen LogP contribution in [0.4, 0.5) is 15.9 Å². The van der Waals surface area contributed by atoms with Gasteiger partial charge in [0.1, 0.15) is 0 Å². The number of H-pyrrole nitrogens is 1. The van der Waals surface area contributed by atoms with Crippen LogP contribution >= 0.6 is 0 Å². The summed E-state index contributed by atoms with van der Waals surface area (Å²) in [5, 5.41) is 10.1. The molecule has 2 aliphatic heterocycles. The van der Waals surface area contributed by atoms with Gasteiger partial charge < -0.3 is 5.32 Å². The summed E-state index contributed by atoms with van der Waals surface area (Å²) in [4.78, 5) is 26.4. The van der Waals surface area contributed by atoms with E-state index in [1.54, 1.807) is 19.9 Å². The molecule has 1 saturated carbocycles. The number of nitrogens with one attached hydrogen (secondary N) is 3. The van der Waals surface area contributed by atoms with Crippen molar-refractivity contribution >= 4 is 33.3 Å². The molecule has 1 aromatic carbocycles. The van der Waals surface area contributed by atoms with Crippen molar-refractivity contribution in [1.29, 1.82) is 0 Å². The van der Waals surface area contributed by atoms with E-state index in [2.05, 4.69) is 20.2 Å². The Morgan fingerprint density at radius 2 is 2.03 bits per heavy atom. The van der Waals surface area contributed by atoms with E-state index in [1.807, 2.05) is 0 Å². The summed E-state index contributed by atoms with van der Waals surface area (Å²) in [5.74, 6) is -0.336. The van der Waals surface area contributed by atoms with Crippen molar-refractivity contribution in [2.24, 2.45) is 5.41 Å². The van der Waals surface area contributed by atoms with Crippen molar-refractivity contribution in [1.82, 2.24) is 19.8 Å². The number of carbonyl (C=O) groups excluding carboxylic acids is 2. The largest absolute Gasteiger partial charge is 0.336 e. The Balaban J connectivity index is 1.30. The summed E-state index contributed by atoms with van der Waals surface area (Å²) in [6.07, 6.45) is 2.45. The second kappa shape index (κ2) is 7.11. The lowest BCUT2D eigenvalue weighted by Crippen LogP contribution is -2.40. The Bertz CT molecular complexity index is 1240. The van der Waals surface area contributed by atoms with Gasteiger partial charge in [0, 0.05) is 42.2 Å². The number of rotatable bonds is 4. The maximum atomic E-state index is 14.8. The number of benzene rings is 1. The molecule has 9 nitrogen and oxygen atoms in total. The number of carbonyl (C=O) groups is 2. The van der Waals surface area contributed by atoms with Crippen molar-refractivity contribution in [3.05, 3.63) is 35.3 Å². The Kier molecular flexibility index (Phi) is 4.68. The minimum atomic E-state index is -3.64. The fourth-order valence-electron chi connectivity index (χ4n) is 4.93. The van der Waals surface area contributed by atoms with Gasteiger partial charge in [0.15, 0.2) is 11.6 Å². The maximum Gasteiger partial charge on any atom is 0.241 e. The first-order valence-corrected chi connectivity index (χ1v) is 12.0. The van der Waals surface area contributed by atoms with Crippen LogP contribution < -0.4 is 10.0 Å². The molecule has 170 valence electrons. The summed E-state index contributed by atoms with van der Waals surface area (Å²) in [6.45, 7) is 3.52. The van der Waals surface area contributed by atoms with Crippen LogP contribution in [0.2, 0.25) is 0 Å². The molecule has 0 bridgehead atoms. The fraction of sp³-hybridized carbons (Fsp3) is 0.476. The third-order valence-electron chi connectivity index (χ3n) is 6.66. The molecule has 1 aliphatic carbocycles. The first-order chi connectivity index (χ1) is 15.1. The van der Waals surface area contributed by atoms with Gasteiger partial charge in [-0.05, 0) is 31.4 Å². The van der Waals surface area contributed by atoms with E-state index < -0.39 is 21.3 Å². The maximum absolute atomic E-state index is 14.8. The highest BCUT2D eigenvalue weighted by Gasteiger charge is 2.49. The third kappa shape index (κ3) is 3.30. The molecule has 0 spiro atoms. The van der Waals surface area contributed by atoms with Gasteiger partial charge in [-0.1, -0.05) is 13.8 Å². The van der Waals surface area contributed by atoms with E-state index in [0.29, 0.717) is 12.2 Å². The monoisotopic (exact) mass is 461 g/mol. The predicted octanol–water partition coefficient (Wildman–Crippen LogP) is 2.51. The number of anilines is 2. The highest BCUT2D eigenvalue weighted by molar-refractivity contribution is 7.89. The van der Waals surface area contributed by atoms with E-state index in [0.717, 1.165) is 18.5 Å². The minimum Gasteiger partial charge on any atom is -0.336 e. The molecule has 0 unspecified atom stereocenters. The van der Waals surface area contributed by atoms with Crippen LogP contribution in [0.5, 0.6) is 0 Å². The van der Waals surface area contributed by atoms with Gasteiger partial charge in [0.05, 0.1) is 16.0 Å². The lowest BCUT2D eigenvalue weighted by Gasteiger charge is -2.24. The lowest BCUT2D eigenvalue weighted by molar-refractivity contribution is -0.143. The molecule has 1 aromatic heterocycles. The predicted molar refractivity (Wildman–Crippen MR) is 113 cm³/mol. The summed E-state index contributed by atoms with van der Waals surface area (Å²) < 4.78 is 40.8. The highest BCUT2D eigenvalue weighted by atomic mass is 32.2. The molecule has 1 saturated heterocycles. The number of fused-ring (bicyclic) bond motifs is 1. The number of imide groups is 1. The van der Waals surface area contributed by atoms with E-state index in [-0.39, 0.29) is 52.9 Å². The van der Waals surface area contributed by atoms with Gasteiger partial charge in [-0.15, -0.1) is 0 Å². The topological polar surface area (TPSA) is 124 Å². The normalized spacial score (nSPS) is 26.0. The third-order valence-corrected chi connectivity index (χ3v) is 8.14. The molecular weight excluding hydrogens is 437 g/mol. The number of nitrogens with zero attached hydrogens (tertiary/aromatic N) is 2. The molecule has 3 N–H and O–H groups in total. The zero-order chi connectivity index (χ0) is 22.8. The van der Waals surface area contributed by atoms with Gasteiger partial charge >= 0.3 is 0 Å². The summed E-state index contributed by atoms with van der Waals surface area (Å²) in [6, 6.07) is 4.42. The second-order valence-corrected chi connectivity index (χ2v) is 11.1. The average Bonchev–Trinajstić information content (AvgIpc) is 3.46. The van der Waals surface area contributed by atoms with Gasteiger partial charge in [-0.25, -0.2) is 17.5 Å². The van der Waals surface area contributed by atoms with Crippen LogP contribution in [0.15, 0.2) is 23.1 Å². The van der Waals surface area contributed by atoms with Gasteiger partial charge in [0.2, 0.25) is 21.8 Å².